The number of H-pyrrole nitrogens is 1. The van der Waals surface area contributed by atoms with E-state index >= 15 is 0 Å². The van der Waals surface area contributed by atoms with Crippen molar-refractivity contribution in [3.8, 4) is 5.75 Å². The van der Waals surface area contributed by atoms with Gasteiger partial charge >= 0.3 is 6.18 Å². The molecule has 7 heteroatoms. The Balaban J connectivity index is 1.60. The van der Waals surface area contributed by atoms with Gasteiger partial charge in [-0.25, -0.2) is 0 Å². The summed E-state index contributed by atoms with van der Waals surface area (Å²) >= 11 is 0. The van der Waals surface area contributed by atoms with Crippen LogP contribution < -0.4 is 4.74 Å². The van der Waals surface area contributed by atoms with Crippen molar-refractivity contribution in [2.75, 3.05) is 26.7 Å². The van der Waals surface area contributed by atoms with Crippen LogP contribution in [0.1, 0.15) is 41.6 Å². The third kappa shape index (κ3) is 3.58. The number of ether oxygens (including phenoxy) is 1. The van der Waals surface area contributed by atoms with E-state index in [-0.39, 0.29) is 11.8 Å². The number of halogens is 3. The third-order valence-electron chi connectivity index (χ3n) is 5.44. The van der Waals surface area contributed by atoms with E-state index in [9.17, 15) is 13.2 Å². The van der Waals surface area contributed by atoms with E-state index in [1.54, 1.807) is 7.11 Å². The molecule has 1 N–H and O–H groups in total. The minimum Gasteiger partial charge on any atom is -0.497 e. The standard InChI is InChI=1S/C19H22F3N3O/c1-26-14-6-4-13(5-7-14)15-10-25(9-12-2-3-12)11-16(15)17-8-18(24-23-17)19(20,21)22/h4-8,12,15-16H,2-3,9-11H2,1H3,(H,23,24)/t15-,16+/m0/s1. The van der Waals surface area contributed by atoms with Crippen LogP contribution in [0.2, 0.25) is 0 Å². The van der Waals surface area contributed by atoms with Gasteiger partial charge in [0.25, 0.3) is 0 Å². The summed E-state index contributed by atoms with van der Waals surface area (Å²) in [5.74, 6) is 1.64. The maximum atomic E-state index is 12.9. The van der Waals surface area contributed by atoms with Crippen molar-refractivity contribution in [2.24, 2.45) is 5.92 Å². The fourth-order valence-electron chi connectivity index (χ4n) is 3.88. The molecule has 1 aliphatic heterocycles. The zero-order valence-corrected chi connectivity index (χ0v) is 14.6. The van der Waals surface area contributed by atoms with Gasteiger partial charge in [-0.1, -0.05) is 12.1 Å². The van der Waals surface area contributed by atoms with Gasteiger partial charge in [-0.15, -0.1) is 0 Å². The third-order valence-corrected chi connectivity index (χ3v) is 5.44. The number of aromatic amines is 1. The van der Waals surface area contributed by atoms with Gasteiger partial charge in [0, 0.05) is 37.2 Å². The van der Waals surface area contributed by atoms with Crippen molar-refractivity contribution in [2.45, 2.75) is 30.9 Å². The molecule has 2 aliphatic rings. The predicted octanol–water partition coefficient (Wildman–Crippen LogP) is 4.03. The quantitative estimate of drug-likeness (QED) is 0.870. The Morgan fingerprint density at radius 3 is 2.42 bits per heavy atom. The van der Waals surface area contributed by atoms with E-state index in [4.69, 9.17) is 4.74 Å². The summed E-state index contributed by atoms with van der Waals surface area (Å²) in [7, 11) is 1.62. The molecule has 1 aromatic heterocycles. The number of rotatable bonds is 5. The molecular weight excluding hydrogens is 343 g/mol. The van der Waals surface area contributed by atoms with Crippen LogP contribution in [0.5, 0.6) is 5.75 Å². The molecule has 1 saturated heterocycles. The van der Waals surface area contributed by atoms with Crippen molar-refractivity contribution < 1.29 is 17.9 Å². The smallest absolute Gasteiger partial charge is 0.435 e. The van der Waals surface area contributed by atoms with Gasteiger partial charge in [0.05, 0.1) is 7.11 Å². The van der Waals surface area contributed by atoms with Gasteiger partial charge in [-0.05, 0) is 42.5 Å². The molecule has 2 atom stereocenters. The van der Waals surface area contributed by atoms with E-state index in [1.165, 1.54) is 18.9 Å². The number of nitrogens with one attached hydrogen (secondary N) is 1. The van der Waals surface area contributed by atoms with Crippen molar-refractivity contribution in [1.82, 2.24) is 15.1 Å². The fourth-order valence-corrected chi connectivity index (χ4v) is 3.88. The van der Waals surface area contributed by atoms with Crippen LogP contribution in [-0.4, -0.2) is 41.8 Å². The zero-order chi connectivity index (χ0) is 18.3. The molecule has 0 radical (unpaired) electrons. The van der Waals surface area contributed by atoms with Crippen LogP contribution in [0.25, 0.3) is 0 Å². The summed E-state index contributed by atoms with van der Waals surface area (Å²) in [6.07, 6.45) is -1.90. The maximum absolute atomic E-state index is 12.9. The largest absolute Gasteiger partial charge is 0.497 e. The van der Waals surface area contributed by atoms with Crippen LogP contribution in [0.15, 0.2) is 30.3 Å². The van der Waals surface area contributed by atoms with Gasteiger partial charge in [-0.2, -0.15) is 18.3 Å². The fraction of sp³-hybridized carbons (Fsp3) is 0.526. The summed E-state index contributed by atoms with van der Waals surface area (Å²) in [5, 5.41) is 6.14. The number of aromatic nitrogens is 2. The van der Waals surface area contributed by atoms with E-state index < -0.39 is 11.9 Å². The first kappa shape index (κ1) is 17.4. The van der Waals surface area contributed by atoms with E-state index in [0.29, 0.717) is 5.69 Å². The Hall–Kier alpha value is -2.02. The van der Waals surface area contributed by atoms with Crippen LogP contribution in [0, 0.1) is 5.92 Å². The predicted molar refractivity (Wildman–Crippen MR) is 91.2 cm³/mol. The highest BCUT2D eigenvalue weighted by Gasteiger charge is 2.40. The Morgan fingerprint density at radius 2 is 1.85 bits per heavy atom. The van der Waals surface area contributed by atoms with E-state index in [0.717, 1.165) is 36.9 Å². The van der Waals surface area contributed by atoms with Gasteiger partial charge < -0.3 is 9.64 Å². The minimum absolute atomic E-state index is 0.0225. The molecule has 0 bridgehead atoms. The molecular formula is C19H22F3N3O. The van der Waals surface area contributed by atoms with Gasteiger partial charge in [0.2, 0.25) is 0 Å². The van der Waals surface area contributed by atoms with Crippen LogP contribution in [0.3, 0.4) is 0 Å². The lowest BCUT2D eigenvalue weighted by molar-refractivity contribution is -0.141. The highest BCUT2D eigenvalue weighted by atomic mass is 19.4. The number of hydrogen-bond donors (Lipinski definition) is 1. The van der Waals surface area contributed by atoms with Crippen molar-refractivity contribution in [3.63, 3.8) is 0 Å². The molecule has 2 aromatic rings. The van der Waals surface area contributed by atoms with Crippen molar-refractivity contribution in [3.05, 3.63) is 47.3 Å². The van der Waals surface area contributed by atoms with Crippen LogP contribution >= 0.6 is 0 Å². The van der Waals surface area contributed by atoms with Crippen molar-refractivity contribution >= 4 is 0 Å². The van der Waals surface area contributed by atoms with Crippen LogP contribution in [0.4, 0.5) is 13.2 Å². The number of alkyl halides is 3. The lowest BCUT2D eigenvalue weighted by Crippen LogP contribution is -2.23. The topological polar surface area (TPSA) is 41.1 Å². The van der Waals surface area contributed by atoms with Crippen molar-refractivity contribution in [1.29, 1.82) is 0 Å². The SMILES string of the molecule is COc1ccc([C@@H]2CN(CC3CC3)C[C@H]2c2cc(C(F)(F)F)n[nH]2)cc1. The highest BCUT2D eigenvalue weighted by molar-refractivity contribution is 5.34. The summed E-state index contributed by atoms with van der Waals surface area (Å²) in [5.41, 5.74) is 0.843. The summed E-state index contributed by atoms with van der Waals surface area (Å²) < 4.78 is 44.0. The molecule has 1 aromatic carbocycles. The second kappa shape index (κ2) is 6.61. The Labute approximate surface area is 150 Å². The maximum Gasteiger partial charge on any atom is 0.435 e. The molecule has 4 nitrogen and oxygen atoms in total. The second-order valence-electron chi connectivity index (χ2n) is 7.35. The highest BCUT2D eigenvalue weighted by Crippen LogP contribution is 2.42. The normalized spacial score (nSPS) is 24.2. The lowest BCUT2D eigenvalue weighted by atomic mass is 9.86. The number of benzene rings is 1. The Kier molecular flexibility index (Phi) is 4.42. The molecule has 140 valence electrons. The first-order chi connectivity index (χ1) is 12.4. The molecule has 0 amide bonds. The average molecular weight is 365 g/mol. The second-order valence-corrected chi connectivity index (χ2v) is 7.35. The number of nitrogens with zero attached hydrogens (tertiary/aromatic N) is 2. The first-order valence-electron chi connectivity index (χ1n) is 8.93. The molecule has 2 heterocycles. The molecule has 2 fully saturated rings. The molecule has 26 heavy (non-hydrogen) atoms. The molecule has 4 rings (SSSR count). The lowest BCUT2D eigenvalue weighted by Gasteiger charge is -2.18. The van der Waals surface area contributed by atoms with Gasteiger partial charge in [-0.3, -0.25) is 5.10 Å². The molecule has 0 unspecified atom stereocenters. The van der Waals surface area contributed by atoms with E-state index in [2.05, 4.69) is 15.1 Å². The molecule has 0 spiro atoms. The minimum atomic E-state index is -4.42. The van der Waals surface area contributed by atoms with Gasteiger partial charge in [0.15, 0.2) is 5.69 Å². The zero-order valence-electron chi connectivity index (χ0n) is 14.6. The number of methoxy groups -OCH3 is 1. The number of likely N-dealkylation sites (tertiary alicyclic amines) is 1. The monoisotopic (exact) mass is 365 g/mol. The summed E-state index contributed by atoms with van der Waals surface area (Å²) in [6.45, 7) is 2.64. The Bertz CT molecular complexity index is 752. The Morgan fingerprint density at radius 1 is 1.15 bits per heavy atom. The van der Waals surface area contributed by atoms with Crippen LogP contribution in [-0.2, 0) is 6.18 Å². The first-order valence-corrected chi connectivity index (χ1v) is 8.93. The summed E-state index contributed by atoms with van der Waals surface area (Å²) in [6, 6.07) is 9.01. The average Bonchev–Trinajstić information content (AvgIpc) is 3.11. The summed E-state index contributed by atoms with van der Waals surface area (Å²) in [4.78, 5) is 2.38. The molecule has 1 aliphatic carbocycles. The number of hydrogen-bond acceptors (Lipinski definition) is 3. The van der Waals surface area contributed by atoms with Gasteiger partial charge in [0.1, 0.15) is 5.75 Å². The van der Waals surface area contributed by atoms with E-state index in [1.807, 2.05) is 24.3 Å². The molecule has 1 saturated carbocycles.